The molecule has 0 spiro atoms. The van der Waals surface area contributed by atoms with E-state index in [0.717, 1.165) is 24.0 Å². The number of rotatable bonds is 5. The van der Waals surface area contributed by atoms with Gasteiger partial charge < -0.3 is 15.2 Å². The van der Waals surface area contributed by atoms with Crippen LogP contribution in [0.2, 0.25) is 0 Å². The van der Waals surface area contributed by atoms with E-state index in [4.69, 9.17) is 4.74 Å². The summed E-state index contributed by atoms with van der Waals surface area (Å²) in [4.78, 5) is 0. The van der Waals surface area contributed by atoms with E-state index in [9.17, 15) is 5.11 Å². The SMILES string of the molecule is C=C(CNC1(CO)CCOCC1)c1ccccc1. The zero-order chi connectivity index (χ0) is 12.8. The van der Waals surface area contributed by atoms with Crippen molar-refractivity contribution in [3.8, 4) is 0 Å². The van der Waals surface area contributed by atoms with Crippen LogP contribution in [0.25, 0.3) is 5.57 Å². The molecule has 0 amide bonds. The number of ether oxygens (including phenoxy) is 1. The Morgan fingerprint density at radius 1 is 1.28 bits per heavy atom. The molecule has 1 fully saturated rings. The summed E-state index contributed by atoms with van der Waals surface area (Å²) < 4.78 is 5.34. The largest absolute Gasteiger partial charge is 0.394 e. The summed E-state index contributed by atoms with van der Waals surface area (Å²) in [6.45, 7) is 6.38. The van der Waals surface area contributed by atoms with Gasteiger partial charge in [0.05, 0.1) is 6.61 Å². The van der Waals surface area contributed by atoms with Gasteiger partial charge in [0.25, 0.3) is 0 Å². The number of hydrogen-bond acceptors (Lipinski definition) is 3. The minimum absolute atomic E-state index is 0.151. The average molecular weight is 247 g/mol. The molecule has 0 radical (unpaired) electrons. The van der Waals surface area contributed by atoms with Crippen molar-refractivity contribution in [3.05, 3.63) is 42.5 Å². The maximum atomic E-state index is 9.58. The number of aliphatic hydroxyl groups excluding tert-OH is 1. The van der Waals surface area contributed by atoms with Crippen LogP contribution in [0.15, 0.2) is 36.9 Å². The summed E-state index contributed by atoms with van der Waals surface area (Å²) in [7, 11) is 0. The molecule has 1 aromatic rings. The Morgan fingerprint density at radius 2 is 1.94 bits per heavy atom. The third-order valence-corrected chi connectivity index (χ3v) is 3.61. The van der Waals surface area contributed by atoms with Crippen LogP contribution in [-0.4, -0.2) is 37.0 Å². The van der Waals surface area contributed by atoms with Crippen molar-refractivity contribution in [2.75, 3.05) is 26.4 Å². The third-order valence-electron chi connectivity index (χ3n) is 3.61. The summed E-state index contributed by atoms with van der Waals surface area (Å²) in [5.74, 6) is 0. The van der Waals surface area contributed by atoms with Gasteiger partial charge in [0.1, 0.15) is 0 Å². The van der Waals surface area contributed by atoms with Crippen molar-refractivity contribution in [3.63, 3.8) is 0 Å². The molecule has 0 bridgehead atoms. The zero-order valence-corrected chi connectivity index (χ0v) is 10.7. The minimum atomic E-state index is -0.198. The molecule has 0 atom stereocenters. The lowest BCUT2D eigenvalue weighted by Gasteiger charge is -2.36. The molecule has 1 aromatic carbocycles. The molecular weight excluding hydrogens is 226 g/mol. The predicted molar refractivity (Wildman–Crippen MR) is 73.3 cm³/mol. The quantitative estimate of drug-likeness (QED) is 0.834. The van der Waals surface area contributed by atoms with E-state index in [1.807, 2.05) is 18.2 Å². The van der Waals surface area contributed by atoms with Gasteiger partial charge >= 0.3 is 0 Å². The molecule has 98 valence electrons. The van der Waals surface area contributed by atoms with Crippen LogP contribution < -0.4 is 5.32 Å². The van der Waals surface area contributed by atoms with E-state index in [1.54, 1.807) is 0 Å². The van der Waals surface area contributed by atoms with Crippen molar-refractivity contribution in [2.24, 2.45) is 0 Å². The lowest BCUT2D eigenvalue weighted by Crippen LogP contribution is -2.52. The lowest BCUT2D eigenvalue weighted by molar-refractivity contribution is 0.0139. The fraction of sp³-hybridized carbons (Fsp3) is 0.467. The van der Waals surface area contributed by atoms with Crippen LogP contribution in [-0.2, 0) is 4.74 Å². The van der Waals surface area contributed by atoms with E-state index >= 15 is 0 Å². The topological polar surface area (TPSA) is 41.5 Å². The van der Waals surface area contributed by atoms with Gasteiger partial charge in [-0.3, -0.25) is 0 Å². The Bertz CT molecular complexity index is 383. The molecule has 3 nitrogen and oxygen atoms in total. The fourth-order valence-corrected chi connectivity index (χ4v) is 2.22. The number of hydrogen-bond donors (Lipinski definition) is 2. The molecule has 2 N–H and O–H groups in total. The zero-order valence-electron chi connectivity index (χ0n) is 10.7. The molecule has 0 aliphatic carbocycles. The van der Waals surface area contributed by atoms with E-state index in [0.29, 0.717) is 19.8 Å². The molecule has 1 heterocycles. The molecule has 1 aliphatic heterocycles. The molecule has 0 saturated carbocycles. The second-order valence-corrected chi connectivity index (χ2v) is 4.87. The first-order valence-corrected chi connectivity index (χ1v) is 6.43. The monoisotopic (exact) mass is 247 g/mol. The van der Waals surface area contributed by atoms with E-state index in [2.05, 4.69) is 24.0 Å². The first-order valence-electron chi connectivity index (χ1n) is 6.43. The van der Waals surface area contributed by atoms with Crippen LogP contribution in [0.4, 0.5) is 0 Å². The van der Waals surface area contributed by atoms with Gasteiger partial charge in [0.15, 0.2) is 0 Å². The standard InChI is InChI=1S/C15H21NO2/c1-13(14-5-3-2-4-6-14)11-16-15(12-17)7-9-18-10-8-15/h2-6,16-17H,1,7-12H2. The molecule has 1 aliphatic rings. The van der Waals surface area contributed by atoms with Gasteiger partial charge in [-0.15, -0.1) is 0 Å². The first-order chi connectivity index (χ1) is 8.76. The Hall–Kier alpha value is -1.16. The maximum Gasteiger partial charge on any atom is 0.0615 e. The average Bonchev–Trinajstić information content (AvgIpc) is 2.47. The Labute approximate surface area is 108 Å². The van der Waals surface area contributed by atoms with Gasteiger partial charge in [0, 0.05) is 25.3 Å². The van der Waals surface area contributed by atoms with Crippen molar-refractivity contribution in [1.29, 1.82) is 0 Å². The highest BCUT2D eigenvalue weighted by Crippen LogP contribution is 2.21. The van der Waals surface area contributed by atoms with Crippen LogP contribution >= 0.6 is 0 Å². The highest BCUT2D eigenvalue weighted by molar-refractivity contribution is 5.64. The highest BCUT2D eigenvalue weighted by atomic mass is 16.5. The van der Waals surface area contributed by atoms with Crippen LogP contribution in [0.3, 0.4) is 0 Å². The van der Waals surface area contributed by atoms with Gasteiger partial charge in [-0.25, -0.2) is 0 Å². The first kappa shape index (κ1) is 13.3. The fourth-order valence-electron chi connectivity index (χ4n) is 2.22. The van der Waals surface area contributed by atoms with Crippen molar-refractivity contribution in [1.82, 2.24) is 5.32 Å². The maximum absolute atomic E-state index is 9.58. The second-order valence-electron chi connectivity index (χ2n) is 4.87. The molecule has 3 heteroatoms. The normalized spacial score (nSPS) is 18.5. The lowest BCUT2D eigenvalue weighted by atomic mass is 9.90. The summed E-state index contributed by atoms with van der Waals surface area (Å²) in [5, 5.41) is 13.0. The van der Waals surface area contributed by atoms with Crippen molar-refractivity contribution >= 4 is 5.57 Å². The van der Waals surface area contributed by atoms with Crippen LogP contribution in [0.1, 0.15) is 18.4 Å². The van der Waals surface area contributed by atoms with Crippen molar-refractivity contribution < 1.29 is 9.84 Å². The van der Waals surface area contributed by atoms with E-state index < -0.39 is 0 Å². The molecule has 0 unspecified atom stereocenters. The summed E-state index contributed by atoms with van der Waals surface area (Å²) in [6, 6.07) is 10.1. The van der Waals surface area contributed by atoms with Crippen LogP contribution in [0, 0.1) is 0 Å². The molecule has 1 saturated heterocycles. The second kappa shape index (κ2) is 6.14. The van der Waals surface area contributed by atoms with Crippen molar-refractivity contribution in [2.45, 2.75) is 18.4 Å². The third kappa shape index (κ3) is 3.19. The Kier molecular flexibility index (Phi) is 4.53. The van der Waals surface area contributed by atoms with Gasteiger partial charge in [-0.2, -0.15) is 0 Å². The number of aliphatic hydroxyl groups is 1. The van der Waals surface area contributed by atoms with E-state index in [1.165, 1.54) is 0 Å². The summed E-state index contributed by atoms with van der Waals surface area (Å²) in [5.41, 5.74) is 2.00. The predicted octanol–water partition coefficient (Wildman–Crippen LogP) is 1.83. The smallest absolute Gasteiger partial charge is 0.0615 e. The highest BCUT2D eigenvalue weighted by Gasteiger charge is 2.31. The summed E-state index contributed by atoms with van der Waals surface area (Å²) in [6.07, 6.45) is 1.71. The Morgan fingerprint density at radius 3 is 2.56 bits per heavy atom. The number of nitrogens with one attached hydrogen (secondary N) is 1. The minimum Gasteiger partial charge on any atom is -0.394 e. The Balaban J connectivity index is 1.92. The molecule has 0 aromatic heterocycles. The molecule has 2 rings (SSSR count). The van der Waals surface area contributed by atoms with E-state index in [-0.39, 0.29) is 12.1 Å². The van der Waals surface area contributed by atoms with Gasteiger partial charge in [0.2, 0.25) is 0 Å². The summed E-state index contributed by atoms with van der Waals surface area (Å²) >= 11 is 0. The molecule has 18 heavy (non-hydrogen) atoms. The van der Waals surface area contributed by atoms with Crippen LogP contribution in [0.5, 0.6) is 0 Å². The van der Waals surface area contributed by atoms with Gasteiger partial charge in [-0.05, 0) is 24.0 Å². The molecular formula is C15H21NO2. The number of benzene rings is 1. The van der Waals surface area contributed by atoms with Gasteiger partial charge in [-0.1, -0.05) is 36.9 Å².